The molecule has 6 heteroatoms. The molecule has 0 atom stereocenters. The minimum absolute atomic E-state index is 0.347. The van der Waals surface area contributed by atoms with E-state index in [1.807, 2.05) is 19.1 Å². The molecule has 0 aliphatic carbocycles. The third kappa shape index (κ3) is 5.38. The molecule has 3 N–H and O–H groups in total. The second kappa shape index (κ2) is 8.92. The summed E-state index contributed by atoms with van der Waals surface area (Å²) >= 11 is 0. The molecule has 0 aliphatic heterocycles. The largest absolute Gasteiger partial charge is 0.505 e. The number of benzene rings is 2. The fourth-order valence-corrected chi connectivity index (χ4v) is 2.41. The SMILES string of the molecule is CN=C(NCCc1ccc(C)c(OC)c1)NCc1ccc(O)c(F)c1. The second-order valence-electron chi connectivity index (χ2n) is 5.69. The Morgan fingerprint density at radius 3 is 2.60 bits per heavy atom. The molecule has 0 aromatic heterocycles. The Balaban J connectivity index is 1.83. The van der Waals surface area contributed by atoms with E-state index in [2.05, 4.69) is 21.7 Å². The summed E-state index contributed by atoms with van der Waals surface area (Å²) in [6, 6.07) is 10.5. The van der Waals surface area contributed by atoms with Gasteiger partial charge in [0.1, 0.15) is 5.75 Å². The number of hydrogen-bond acceptors (Lipinski definition) is 3. The molecule has 0 amide bonds. The molecule has 134 valence electrons. The third-order valence-corrected chi connectivity index (χ3v) is 3.87. The topological polar surface area (TPSA) is 65.9 Å². The average molecular weight is 345 g/mol. The van der Waals surface area contributed by atoms with Crippen LogP contribution in [0.3, 0.4) is 0 Å². The van der Waals surface area contributed by atoms with Crippen molar-refractivity contribution >= 4 is 5.96 Å². The number of nitrogens with one attached hydrogen (secondary N) is 2. The highest BCUT2D eigenvalue weighted by molar-refractivity contribution is 5.79. The van der Waals surface area contributed by atoms with Crippen LogP contribution in [0.2, 0.25) is 0 Å². The molecule has 25 heavy (non-hydrogen) atoms. The van der Waals surface area contributed by atoms with Gasteiger partial charge in [0.2, 0.25) is 0 Å². The zero-order valence-corrected chi connectivity index (χ0v) is 14.8. The van der Waals surface area contributed by atoms with Crippen molar-refractivity contribution in [3.8, 4) is 11.5 Å². The van der Waals surface area contributed by atoms with E-state index in [9.17, 15) is 9.50 Å². The van der Waals surface area contributed by atoms with Crippen molar-refractivity contribution in [3.05, 3.63) is 58.9 Å². The van der Waals surface area contributed by atoms with Gasteiger partial charge in [-0.15, -0.1) is 0 Å². The van der Waals surface area contributed by atoms with Crippen LogP contribution >= 0.6 is 0 Å². The smallest absolute Gasteiger partial charge is 0.191 e. The van der Waals surface area contributed by atoms with Gasteiger partial charge in [0.15, 0.2) is 17.5 Å². The van der Waals surface area contributed by atoms with Crippen molar-refractivity contribution in [1.82, 2.24) is 10.6 Å². The molecule has 0 aliphatic rings. The van der Waals surface area contributed by atoms with Gasteiger partial charge in [0.25, 0.3) is 0 Å². The molecule has 0 fully saturated rings. The summed E-state index contributed by atoms with van der Waals surface area (Å²) < 4.78 is 18.7. The fourth-order valence-electron chi connectivity index (χ4n) is 2.41. The number of guanidine groups is 1. The van der Waals surface area contributed by atoms with Crippen LogP contribution < -0.4 is 15.4 Å². The van der Waals surface area contributed by atoms with Crippen LogP contribution in [0.1, 0.15) is 16.7 Å². The van der Waals surface area contributed by atoms with Crippen LogP contribution in [-0.4, -0.2) is 31.8 Å². The Labute approximate surface area is 147 Å². The number of aryl methyl sites for hydroxylation is 1. The number of aromatic hydroxyl groups is 1. The fraction of sp³-hybridized carbons (Fsp3) is 0.316. The number of methoxy groups -OCH3 is 1. The minimum atomic E-state index is -0.629. The lowest BCUT2D eigenvalue weighted by Gasteiger charge is -2.13. The Bertz CT molecular complexity index is 747. The molecule has 0 heterocycles. The summed E-state index contributed by atoms with van der Waals surface area (Å²) in [4.78, 5) is 4.15. The van der Waals surface area contributed by atoms with Gasteiger partial charge in [-0.05, 0) is 48.2 Å². The summed E-state index contributed by atoms with van der Waals surface area (Å²) in [6.45, 7) is 3.13. The summed E-state index contributed by atoms with van der Waals surface area (Å²) in [5, 5.41) is 15.5. The summed E-state index contributed by atoms with van der Waals surface area (Å²) in [6.07, 6.45) is 0.825. The monoisotopic (exact) mass is 345 g/mol. The van der Waals surface area contributed by atoms with Crippen LogP contribution in [0.15, 0.2) is 41.4 Å². The molecule has 0 spiro atoms. The molecule has 0 radical (unpaired) electrons. The third-order valence-electron chi connectivity index (χ3n) is 3.87. The maximum atomic E-state index is 13.3. The number of hydrogen-bond donors (Lipinski definition) is 3. The summed E-state index contributed by atoms with van der Waals surface area (Å²) in [7, 11) is 3.35. The van der Waals surface area contributed by atoms with E-state index in [4.69, 9.17) is 4.74 Å². The van der Waals surface area contributed by atoms with E-state index in [1.54, 1.807) is 20.2 Å². The van der Waals surface area contributed by atoms with Gasteiger partial charge >= 0.3 is 0 Å². The number of nitrogens with zero attached hydrogens (tertiary/aromatic N) is 1. The number of rotatable bonds is 6. The standard InChI is InChI=1S/C19H24FN3O2/c1-13-4-5-14(11-18(13)25-3)8-9-22-19(21-2)23-12-15-6-7-17(24)16(20)10-15/h4-7,10-11,24H,8-9,12H2,1-3H3,(H2,21,22,23). The first-order valence-electron chi connectivity index (χ1n) is 8.09. The molecule has 2 aromatic carbocycles. The van der Waals surface area contributed by atoms with E-state index >= 15 is 0 Å². The Hall–Kier alpha value is -2.76. The van der Waals surface area contributed by atoms with Crippen molar-refractivity contribution < 1.29 is 14.2 Å². The van der Waals surface area contributed by atoms with E-state index in [1.165, 1.54) is 17.7 Å². The molecular formula is C19H24FN3O2. The molecule has 2 aromatic rings. The van der Waals surface area contributed by atoms with Crippen molar-refractivity contribution in [2.75, 3.05) is 20.7 Å². The Kier molecular flexibility index (Phi) is 6.62. The molecular weight excluding hydrogens is 321 g/mol. The van der Waals surface area contributed by atoms with Gasteiger partial charge in [-0.3, -0.25) is 4.99 Å². The first-order valence-corrected chi connectivity index (χ1v) is 8.09. The second-order valence-corrected chi connectivity index (χ2v) is 5.69. The number of phenols is 1. The lowest BCUT2D eigenvalue weighted by atomic mass is 10.1. The van der Waals surface area contributed by atoms with Gasteiger partial charge in [-0.1, -0.05) is 18.2 Å². The molecule has 2 rings (SSSR count). The Morgan fingerprint density at radius 2 is 1.92 bits per heavy atom. The zero-order chi connectivity index (χ0) is 18.2. The van der Waals surface area contributed by atoms with E-state index < -0.39 is 5.82 Å². The highest BCUT2D eigenvalue weighted by atomic mass is 19.1. The molecule has 0 bridgehead atoms. The predicted octanol–water partition coefficient (Wildman–Crippen LogP) is 2.76. The van der Waals surface area contributed by atoms with Crippen LogP contribution in [0, 0.1) is 12.7 Å². The maximum Gasteiger partial charge on any atom is 0.191 e. The van der Waals surface area contributed by atoms with Crippen molar-refractivity contribution in [2.24, 2.45) is 4.99 Å². The normalized spacial score (nSPS) is 11.3. The average Bonchev–Trinajstić information content (AvgIpc) is 2.62. The Morgan fingerprint density at radius 1 is 1.16 bits per heavy atom. The summed E-state index contributed by atoms with van der Waals surface area (Å²) in [5.74, 6) is 0.539. The lowest BCUT2D eigenvalue weighted by molar-refractivity contribution is 0.411. The molecule has 0 saturated carbocycles. The lowest BCUT2D eigenvalue weighted by Crippen LogP contribution is -2.37. The van der Waals surface area contributed by atoms with E-state index in [0.29, 0.717) is 19.0 Å². The number of halogens is 1. The van der Waals surface area contributed by atoms with Crippen LogP contribution in [0.25, 0.3) is 0 Å². The maximum absolute atomic E-state index is 13.3. The molecule has 0 saturated heterocycles. The van der Waals surface area contributed by atoms with Gasteiger partial charge < -0.3 is 20.5 Å². The van der Waals surface area contributed by atoms with Gasteiger partial charge in [-0.2, -0.15) is 0 Å². The molecule has 0 unspecified atom stereocenters. The number of ether oxygens (including phenoxy) is 1. The van der Waals surface area contributed by atoms with Crippen molar-refractivity contribution in [3.63, 3.8) is 0 Å². The zero-order valence-electron chi connectivity index (χ0n) is 14.8. The van der Waals surface area contributed by atoms with Crippen LogP contribution in [0.5, 0.6) is 11.5 Å². The molecule has 5 nitrogen and oxygen atoms in total. The van der Waals surface area contributed by atoms with E-state index in [0.717, 1.165) is 23.3 Å². The van der Waals surface area contributed by atoms with Crippen molar-refractivity contribution in [2.45, 2.75) is 19.9 Å². The highest BCUT2D eigenvalue weighted by Crippen LogP contribution is 2.19. The first kappa shape index (κ1) is 18.6. The van der Waals surface area contributed by atoms with Crippen LogP contribution in [-0.2, 0) is 13.0 Å². The number of aliphatic imine (C=N–C) groups is 1. The quantitative estimate of drug-likeness (QED) is 0.556. The van der Waals surface area contributed by atoms with Gasteiger partial charge in [0.05, 0.1) is 7.11 Å². The van der Waals surface area contributed by atoms with E-state index in [-0.39, 0.29) is 5.75 Å². The highest BCUT2D eigenvalue weighted by Gasteiger charge is 2.04. The van der Waals surface area contributed by atoms with Crippen molar-refractivity contribution in [1.29, 1.82) is 0 Å². The summed E-state index contributed by atoms with van der Waals surface area (Å²) in [5.41, 5.74) is 3.00. The van der Waals surface area contributed by atoms with Crippen LogP contribution in [0.4, 0.5) is 4.39 Å². The van der Waals surface area contributed by atoms with Gasteiger partial charge in [0, 0.05) is 20.1 Å². The predicted molar refractivity (Wildman–Crippen MR) is 97.7 cm³/mol. The van der Waals surface area contributed by atoms with Gasteiger partial charge in [-0.25, -0.2) is 4.39 Å². The minimum Gasteiger partial charge on any atom is -0.505 e. The number of phenolic OH excluding ortho intramolecular Hbond substituents is 1. The first-order chi connectivity index (χ1) is 12.0.